The standard InChI is InChI=1S/C15H14N2O5S/c1-3-16-14(20)11-6-9-10(17(11)15(16)23)4-8(5-12(9)21-2)22-7-13(18)19/h4-6H,3,7H2,1-2H3,(H,18,19). The number of aliphatic carboxylic acids is 1. The molecule has 1 aliphatic rings. The molecule has 0 saturated carbocycles. The second-order valence-electron chi connectivity index (χ2n) is 4.94. The third-order valence-electron chi connectivity index (χ3n) is 3.64. The average Bonchev–Trinajstić information content (AvgIpc) is 3.01. The fourth-order valence-electron chi connectivity index (χ4n) is 2.63. The number of fused-ring (bicyclic) bond motifs is 3. The summed E-state index contributed by atoms with van der Waals surface area (Å²) in [7, 11) is 1.50. The first-order valence-corrected chi connectivity index (χ1v) is 7.33. The first-order valence-electron chi connectivity index (χ1n) is 6.92. The molecule has 120 valence electrons. The molecule has 23 heavy (non-hydrogen) atoms. The van der Waals surface area contributed by atoms with Crippen LogP contribution in [0.15, 0.2) is 18.2 Å². The summed E-state index contributed by atoms with van der Waals surface area (Å²) in [5.74, 6) is -0.414. The number of hydrogen-bond acceptors (Lipinski definition) is 5. The molecule has 1 amide bonds. The Kier molecular flexibility index (Phi) is 3.69. The van der Waals surface area contributed by atoms with Crippen molar-refractivity contribution in [3.63, 3.8) is 0 Å². The molecule has 0 spiro atoms. The molecule has 1 N–H and O–H groups in total. The summed E-state index contributed by atoms with van der Waals surface area (Å²) in [5, 5.41) is 9.85. The maximum atomic E-state index is 12.4. The number of carbonyl (C=O) groups excluding carboxylic acids is 1. The van der Waals surface area contributed by atoms with Gasteiger partial charge < -0.3 is 14.6 Å². The molecule has 2 heterocycles. The highest BCUT2D eigenvalue weighted by atomic mass is 32.1. The van der Waals surface area contributed by atoms with Gasteiger partial charge in [0.2, 0.25) is 0 Å². The second kappa shape index (κ2) is 5.54. The van der Waals surface area contributed by atoms with E-state index in [2.05, 4.69) is 0 Å². The van der Waals surface area contributed by atoms with E-state index in [4.69, 9.17) is 26.8 Å². The Bertz CT molecular complexity index is 842. The lowest BCUT2D eigenvalue weighted by Gasteiger charge is -2.14. The van der Waals surface area contributed by atoms with Crippen LogP contribution >= 0.6 is 12.2 Å². The number of rotatable bonds is 5. The quantitative estimate of drug-likeness (QED) is 0.839. The van der Waals surface area contributed by atoms with Gasteiger partial charge in [-0.15, -0.1) is 0 Å². The number of carboxylic acid groups (broad SMARTS) is 1. The minimum atomic E-state index is -1.08. The largest absolute Gasteiger partial charge is 0.496 e. The third kappa shape index (κ3) is 2.31. The number of benzene rings is 1. The van der Waals surface area contributed by atoms with E-state index in [1.54, 1.807) is 22.8 Å². The number of thiocarbonyl (C=S) groups is 1. The van der Waals surface area contributed by atoms with Crippen LogP contribution in [0.1, 0.15) is 17.4 Å². The SMILES string of the molecule is CCN1C(=O)c2cc3c(OC)cc(OCC(=O)O)cc3n2C1=S. The van der Waals surface area contributed by atoms with Crippen LogP contribution in [0.5, 0.6) is 11.5 Å². The molecule has 7 nitrogen and oxygen atoms in total. The van der Waals surface area contributed by atoms with Crippen molar-refractivity contribution in [1.82, 2.24) is 9.47 Å². The highest BCUT2D eigenvalue weighted by Gasteiger charge is 2.34. The van der Waals surface area contributed by atoms with Crippen molar-refractivity contribution >= 4 is 40.1 Å². The van der Waals surface area contributed by atoms with Crippen molar-refractivity contribution in [2.45, 2.75) is 6.92 Å². The van der Waals surface area contributed by atoms with Gasteiger partial charge in [0.05, 0.1) is 12.6 Å². The summed E-state index contributed by atoms with van der Waals surface area (Å²) in [4.78, 5) is 24.5. The predicted octanol–water partition coefficient (Wildman–Crippen LogP) is 1.72. The lowest BCUT2D eigenvalue weighted by Crippen LogP contribution is -2.30. The number of carboxylic acids is 1. The van der Waals surface area contributed by atoms with Crippen molar-refractivity contribution in [1.29, 1.82) is 0 Å². The Morgan fingerprint density at radius 2 is 2.09 bits per heavy atom. The number of methoxy groups -OCH3 is 1. The van der Waals surface area contributed by atoms with Gasteiger partial charge in [0.15, 0.2) is 11.7 Å². The first kappa shape index (κ1) is 15.3. The van der Waals surface area contributed by atoms with Gasteiger partial charge in [-0.3, -0.25) is 14.3 Å². The Morgan fingerprint density at radius 3 is 2.70 bits per heavy atom. The smallest absolute Gasteiger partial charge is 0.341 e. The van der Waals surface area contributed by atoms with E-state index in [-0.39, 0.29) is 5.91 Å². The number of nitrogens with zero attached hydrogens (tertiary/aromatic N) is 2. The van der Waals surface area contributed by atoms with Crippen LogP contribution < -0.4 is 9.47 Å². The minimum Gasteiger partial charge on any atom is -0.496 e. The lowest BCUT2D eigenvalue weighted by atomic mass is 10.2. The van der Waals surface area contributed by atoms with Crippen molar-refractivity contribution < 1.29 is 24.2 Å². The Labute approximate surface area is 137 Å². The van der Waals surface area contributed by atoms with Gasteiger partial charge in [-0.05, 0) is 25.2 Å². The van der Waals surface area contributed by atoms with Crippen LogP contribution in [0.4, 0.5) is 0 Å². The van der Waals surface area contributed by atoms with Crippen LogP contribution in [0, 0.1) is 0 Å². The molecule has 0 radical (unpaired) electrons. The van der Waals surface area contributed by atoms with Crippen LogP contribution in [-0.4, -0.2) is 51.8 Å². The zero-order valence-corrected chi connectivity index (χ0v) is 13.3. The van der Waals surface area contributed by atoms with Crippen LogP contribution in [0.25, 0.3) is 10.9 Å². The first-order chi connectivity index (χ1) is 11.0. The van der Waals surface area contributed by atoms with Gasteiger partial charge >= 0.3 is 5.97 Å². The summed E-state index contributed by atoms with van der Waals surface area (Å²) in [5.41, 5.74) is 1.11. The Balaban J connectivity index is 2.17. The maximum absolute atomic E-state index is 12.4. The van der Waals surface area contributed by atoms with E-state index >= 15 is 0 Å². The van der Waals surface area contributed by atoms with Crippen LogP contribution in [-0.2, 0) is 4.79 Å². The predicted molar refractivity (Wildman–Crippen MR) is 86.3 cm³/mol. The number of aromatic nitrogens is 1. The number of ether oxygens (including phenoxy) is 2. The summed E-state index contributed by atoms with van der Waals surface area (Å²) in [6.07, 6.45) is 0. The summed E-state index contributed by atoms with van der Waals surface area (Å²) >= 11 is 5.37. The lowest BCUT2D eigenvalue weighted by molar-refractivity contribution is -0.139. The normalized spacial score (nSPS) is 13.6. The van der Waals surface area contributed by atoms with Crippen LogP contribution in [0.2, 0.25) is 0 Å². The topological polar surface area (TPSA) is 81.0 Å². The van der Waals surface area contributed by atoms with Gasteiger partial charge in [-0.25, -0.2) is 4.79 Å². The molecule has 1 aliphatic heterocycles. The minimum absolute atomic E-state index is 0.163. The fraction of sp³-hybridized carbons (Fsp3) is 0.267. The third-order valence-corrected chi connectivity index (χ3v) is 4.04. The van der Waals surface area contributed by atoms with E-state index in [0.717, 1.165) is 5.39 Å². The molecule has 1 aromatic carbocycles. The van der Waals surface area contributed by atoms with Crippen molar-refractivity contribution in [3.8, 4) is 11.5 Å². The van der Waals surface area contributed by atoms with Crippen molar-refractivity contribution in [3.05, 3.63) is 23.9 Å². The highest BCUT2D eigenvalue weighted by Crippen LogP contribution is 2.36. The van der Waals surface area contributed by atoms with Crippen LogP contribution in [0.3, 0.4) is 0 Å². The zero-order valence-electron chi connectivity index (χ0n) is 12.5. The molecular formula is C15H14N2O5S. The molecule has 8 heteroatoms. The van der Waals surface area contributed by atoms with Gasteiger partial charge in [-0.1, -0.05) is 0 Å². The van der Waals surface area contributed by atoms with E-state index in [0.29, 0.717) is 34.4 Å². The summed E-state index contributed by atoms with van der Waals surface area (Å²) in [6, 6.07) is 4.97. The van der Waals surface area contributed by atoms with Gasteiger partial charge in [-0.2, -0.15) is 0 Å². The fourth-order valence-corrected chi connectivity index (χ4v) is 3.04. The number of amides is 1. The molecule has 3 rings (SSSR count). The number of carbonyl (C=O) groups is 2. The molecule has 0 aliphatic carbocycles. The molecule has 1 aromatic heterocycles. The average molecular weight is 334 g/mol. The van der Waals surface area contributed by atoms with Gasteiger partial charge in [0, 0.05) is 24.1 Å². The van der Waals surface area contributed by atoms with Crippen molar-refractivity contribution in [2.75, 3.05) is 20.3 Å². The summed E-state index contributed by atoms with van der Waals surface area (Å²) in [6.45, 7) is 1.86. The van der Waals surface area contributed by atoms with E-state index < -0.39 is 12.6 Å². The molecule has 0 atom stereocenters. The van der Waals surface area contributed by atoms with E-state index in [9.17, 15) is 9.59 Å². The molecule has 0 unspecified atom stereocenters. The second-order valence-corrected chi connectivity index (χ2v) is 5.30. The number of hydrogen-bond donors (Lipinski definition) is 1. The monoisotopic (exact) mass is 334 g/mol. The summed E-state index contributed by atoms with van der Waals surface area (Å²) < 4.78 is 12.2. The molecular weight excluding hydrogens is 320 g/mol. The maximum Gasteiger partial charge on any atom is 0.341 e. The van der Waals surface area contributed by atoms with E-state index in [1.165, 1.54) is 12.0 Å². The van der Waals surface area contributed by atoms with Crippen molar-refractivity contribution in [2.24, 2.45) is 0 Å². The van der Waals surface area contributed by atoms with Gasteiger partial charge in [0.1, 0.15) is 17.2 Å². The molecule has 2 aromatic rings. The van der Waals surface area contributed by atoms with E-state index in [1.807, 2.05) is 6.92 Å². The molecule has 0 saturated heterocycles. The molecule has 0 bridgehead atoms. The highest BCUT2D eigenvalue weighted by molar-refractivity contribution is 7.80. The Hall–Kier alpha value is -2.61. The Morgan fingerprint density at radius 1 is 1.35 bits per heavy atom. The molecule has 0 fully saturated rings. The zero-order chi connectivity index (χ0) is 16.7. The van der Waals surface area contributed by atoms with Gasteiger partial charge in [0.25, 0.3) is 5.91 Å².